The Morgan fingerprint density at radius 3 is 2.45 bits per heavy atom. The number of alkyl halides is 3. The van der Waals surface area contributed by atoms with Crippen LogP contribution in [0, 0.1) is 5.41 Å². The van der Waals surface area contributed by atoms with Crippen molar-refractivity contribution < 1.29 is 22.8 Å². The Labute approximate surface area is 198 Å². The Morgan fingerprint density at radius 1 is 1.06 bits per heavy atom. The van der Waals surface area contributed by atoms with Crippen LogP contribution < -0.4 is 10.2 Å². The van der Waals surface area contributed by atoms with Crippen LogP contribution in [0.2, 0.25) is 0 Å². The SMILES string of the molecule is O=C(Nc1ccc2c(c1)CN(CC(F)(F)F)C2=O)c1ccc(Br)cc1N1CCC2(CC1)CC2. The molecule has 3 aliphatic rings. The number of anilines is 2. The molecule has 1 N–H and O–H groups in total. The van der Waals surface area contributed by atoms with E-state index in [9.17, 15) is 22.8 Å². The van der Waals surface area contributed by atoms with Gasteiger partial charge in [0.2, 0.25) is 0 Å². The summed E-state index contributed by atoms with van der Waals surface area (Å²) in [5.41, 5.74) is 3.09. The molecule has 1 saturated carbocycles. The van der Waals surface area contributed by atoms with Gasteiger partial charge in [-0.1, -0.05) is 15.9 Å². The van der Waals surface area contributed by atoms with Crippen molar-refractivity contribution in [3.63, 3.8) is 0 Å². The van der Waals surface area contributed by atoms with E-state index in [-0.39, 0.29) is 18.0 Å². The van der Waals surface area contributed by atoms with E-state index >= 15 is 0 Å². The first-order chi connectivity index (χ1) is 15.6. The van der Waals surface area contributed by atoms with Crippen LogP contribution in [0.15, 0.2) is 40.9 Å². The zero-order valence-electron chi connectivity index (χ0n) is 17.8. The lowest BCUT2D eigenvalue weighted by molar-refractivity contribution is -0.140. The predicted molar refractivity (Wildman–Crippen MR) is 122 cm³/mol. The molecule has 174 valence electrons. The van der Waals surface area contributed by atoms with Gasteiger partial charge < -0.3 is 15.1 Å². The maximum atomic E-state index is 13.2. The van der Waals surface area contributed by atoms with E-state index in [2.05, 4.69) is 26.1 Å². The lowest BCUT2D eigenvalue weighted by atomic mass is 9.93. The van der Waals surface area contributed by atoms with Gasteiger partial charge in [0.25, 0.3) is 11.8 Å². The smallest absolute Gasteiger partial charge is 0.371 e. The van der Waals surface area contributed by atoms with Gasteiger partial charge in [-0.25, -0.2) is 0 Å². The van der Waals surface area contributed by atoms with Crippen molar-refractivity contribution in [3.8, 4) is 0 Å². The standard InChI is InChI=1S/C24H23BrF3N3O2/c25-16-1-3-19(20(12-16)30-9-7-23(5-6-23)8-10-30)21(32)29-17-2-4-18-15(11-17)13-31(22(18)33)14-24(26,27)28/h1-4,11-12H,5-10,13-14H2,(H,29,32). The number of fused-ring (bicyclic) bond motifs is 1. The molecule has 2 fully saturated rings. The molecule has 0 aromatic heterocycles. The lowest BCUT2D eigenvalue weighted by Gasteiger charge is -2.35. The second-order valence-electron chi connectivity index (χ2n) is 9.25. The molecule has 5 nitrogen and oxygen atoms in total. The average Bonchev–Trinajstić information content (AvgIpc) is 3.44. The number of nitrogens with zero attached hydrogens (tertiary/aromatic N) is 2. The minimum Gasteiger partial charge on any atom is -0.371 e. The number of carbonyl (C=O) groups is 2. The highest BCUT2D eigenvalue weighted by atomic mass is 79.9. The predicted octanol–water partition coefficient (Wildman–Crippen LogP) is 5.60. The molecule has 0 unspecified atom stereocenters. The molecule has 9 heteroatoms. The highest BCUT2D eigenvalue weighted by Crippen LogP contribution is 2.54. The number of rotatable bonds is 4. The lowest BCUT2D eigenvalue weighted by Crippen LogP contribution is -2.35. The fourth-order valence-electron chi connectivity index (χ4n) is 4.86. The van der Waals surface area contributed by atoms with Crippen molar-refractivity contribution in [2.45, 2.75) is 38.4 Å². The molecule has 0 radical (unpaired) electrons. The summed E-state index contributed by atoms with van der Waals surface area (Å²) in [7, 11) is 0. The van der Waals surface area contributed by atoms with Gasteiger partial charge in [0.1, 0.15) is 6.54 Å². The number of carbonyl (C=O) groups excluding carboxylic acids is 2. The normalized spacial score (nSPS) is 19.1. The molecule has 0 bridgehead atoms. The van der Waals surface area contributed by atoms with Crippen molar-refractivity contribution in [2.75, 3.05) is 29.9 Å². The molecular formula is C24H23BrF3N3O2. The molecule has 1 saturated heterocycles. The van der Waals surface area contributed by atoms with Gasteiger partial charge in [-0.2, -0.15) is 13.2 Å². The summed E-state index contributed by atoms with van der Waals surface area (Å²) in [6.07, 6.45) is 0.407. The van der Waals surface area contributed by atoms with Crippen LogP contribution in [0.3, 0.4) is 0 Å². The van der Waals surface area contributed by atoms with Crippen molar-refractivity contribution in [1.29, 1.82) is 0 Å². The van der Waals surface area contributed by atoms with Gasteiger partial charge in [-0.15, -0.1) is 0 Å². The summed E-state index contributed by atoms with van der Waals surface area (Å²) in [6.45, 7) is 0.400. The second kappa shape index (κ2) is 8.04. The molecule has 2 aliphatic heterocycles. The summed E-state index contributed by atoms with van der Waals surface area (Å²) in [5, 5.41) is 2.86. The molecule has 1 spiro atoms. The van der Waals surface area contributed by atoms with E-state index in [1.807, 2.05) is 12.1 Å². The Kier molecular flexibility index (Phi) is 5.42. The maximum Gasteiger partial charge on any atom is 0.406 e. The number of benzene rings is 2. The molecule has 2 aromatic carbocycles. The monoisotopic (exact) mass is 521 g/mol. The van der Waals surface area contributed by atoms with E-state index in [4.69, 9.17) is 0 Å². The third-order valence-electron chi connectivity index (χ3n) is 6.94. The summed E-state index contributed by atoms with van der Waals surface area (Å²) in [6, 6.07) is 10.2. The van der Waals surface area contributed by atoms with Crippen molar-refractivity contribution in [2.24, 2.45) is 5.41 Å². The molecule has 0 atom stereocenters. The Balaban J connectivity index is 1.33. The van der Waals surface area contributed by atoms with Crippen LogP contribution in [0.25, 0.3) is 0 Å². The summed E-state index contributed by atoms with van der Waals surface area (Å²) in [5.74, 6) is -0.936. The number of piperidine rings is 1. The summed E-state index contributed by atoms with van der Waals surface area (Å²) < 4.78 is 39.1. The molecule has 5 rings (SSSR count). The van der Waals surface area contributed by atoms with E-state index in [1.165, 1.54) is 18.9 Å². The second-order valence-corrected chi connectivity index (χ2v) is 10.2. The van der Waals surface area contributed by atoms with Crippen LogP contribution in [0.1, 0.15) is 52.0 Å². The number of amides is 2. The molecule has 2 heterocycles. The van der Waals surface area contributed by atoms with Crippen molar-refractivity contribution in [3.05, 3.63) is 57.6 Å². The zero-order valence-corrected chi connectivity index (χ0v) is 19.4. The molecule has 2 aromatic rings. The van der Waals surface area contributed by atoms with Gasteiger partial charge in [0.15, 0.2) is 0 Å². The topological polar surface area (TPSA) is 52.7 Å². The highest BCUT2D eigenvalue weighted by molar-refractivity contribution is 9.10. The third-order valence-corrected chi connectivity index (χ3v) is 7.43. The fraction of sp³-hybridized carbons (Fsp3) is 0.417. The van der Waals surface area contributed by atoms with Crippen molar-refractivity contribution in [1.82, 2.24) is 4.90 Å². The van der Waals surface area contributed by atoms with Crippen LogP contribution in [0.5, 0.6) is 0 Å². The minimum atomic E-state index is -4.46. The van der Waals surface area contributed by atoms with Gasteiger partial charge in [-0.05, 0) is 73.1 Å². The highest BCUT2D eigenvalue weighted by Gasteiger charge is 2.44. The fourth-order valence-corrected chi connectivity index (χ4v) is 5.21. The van der Waals surface area contributed by atoms with E-state index in [0.29, 0.717) is 22.2 Å². The van der Waals surface area contributed by atoms with Crippen molar-refractivity contribution >= 4 is 39.1 Å². The molecule has 1 aliphatic carbocycles. The minimum absolute atomic E-state index is 0.129. The van der Waals surface area contributed by atoms with Gasteiger partial charge in [0, 0.05) is 35.4 Å². The Hall–Kier alpha value is -2.55. The van der Waals surface area contributed by atoms with E-state index in [0.717, 1.165) is 41.0 Å². The molecule has 33 heavy (non-hydrogen) atoms. The number of hydrogen-bond donors (Lipinski definition) is 1. The van der Waals surface area contributed by atoms with Crippen LogP contribution in [-0.2, 0) is 6.54 Å². The maximum absolute atomic E-state index is 13.2. The van der Waals surface area contributed by atoms with Crippen LogP contribution >= 0.6 is 15.9 Å². The first-order valence-corrected chi connectivity index (χ1v) is 11.8. The largest absolute Gasteiger partial charge is 0.406 e. The van der Waals surface area contributed by atoms with Gasteiger partial charge in [0.05, 0.1) is 11.3 Å². The number of halogens is 4. The Morgan fingerprint density at radius 2 is 1.79 bits per heavy atom. The molecule has 2 amide bonds. The first kappa shape index (κ1) is 22.3. The quantitative estimate of drug-likeness (QED) is 0.569. The van der Waals surface area contributed by atoms with Crippen LogP contribution in [0.4, 0.5) is 24.5 Å². The average molecular weight is 522 g/mol. The van der Waals surface area contributed by atoms with Crippen LogP contribution in [-0.4, -0.2) is 42.5 Å². The van der Waals surface area contributed by atoms with E-state index in [1.54, 1.807) is 18.2 Å². The molecular weight excluding hydrogens is 499 g/mol. The third kappa shape index (κ3) is 4.60. The summed E-state index contributed by atoms with van der Waals surface area (Å²) >= 11 is 3.50. The number of nitrogens with one attached hydrogen (secondary N) is 1. The zero-order chi connectivity index (χ0) is 23.4. The van der Waals surface area contributed by atoms with Gasteiger partial charge in [-0.3, -0.25) is 9.59 Å². The van der Waals surface area contributed by atoms with Gasteiger partial charge >= 0.3 is 6.18 Å². The first-order valence-electron chi connectivity index (χ1n) is 11.0. The van der Waals surface area contributed by atoms with E-state index < -0.39 is 18.6 Å². The summed E-state index contributed by atoms with van der Waals surface area (Å²) in [4.78, 5) is 28.4. The Bertz CT molecular complexity index is 1120. The number of hydrogen-bond acceptors (Lipinski definition) is 3.